The highest BCUT2D eigenvalue weighted by molar-refractivity contribution is 7.91. The highest BCUT2D eigenvalue weighted by Crippen LogP contribution is 2.12. The number of aromatic nitrogens is 3. The van der Waals surface area contributed by atoms with Crippen molar-refractivity contribution in [2.24, 2.45) is 7.05 Å². The molecule has 0 bridgehead atoms. The van der Waals surface area contributed by atoms with Crippen LogP contribution in [0.3, 0.4) is 0 Å². The molecule has 1 N–H and O–H groups in total. The van der Waals surface area contributed by atoms with Crippen LogP contribution in [-0.4, -0.2) is 47.3 Å². The van der Waals surface area contributed by atoms with Crippen molar-refractivity contribution in [2.75, 3.05) is 18.1 Å². The number of nitrogens with one attached hydrogen (secondary N) is 1. The molecule has 1 aromatic heterocycles. The van der Waals surface area contributed by atoms with Crippen LogP contribution in [0.2, 0.25) is 0 Å². The number of rotatable bonds is 3. The summed E-state index contributed by atoms with van der Waals surface area (Å²) in [6, 6.07) is -0.0494. The molecule has 0 aliphatic carbocycles. The maximum Gasteiger partial charge on any atom is 0.153 e. The van der Waals surface area contributed by atoms with Gasteiger partial charge in [0.05, 0.1) is 11.5 Å². The van der Waals surface area contributed by atoms with Crippen molar-refractivity contribution < 1.29 is 8.42 Å². The second kappa shape index (κ2) is 4.97. The van der Waals surface area contributed by atoms with Crippen LogP contribution in [0.4, 0.5) is 0 Å². The molecule has 1 fully saturated rings. The lowest BCUT2D eigenvalue weighted by molar-refractivity contribution is 0.500. The van der Waals surface area contributed by atoms with Crippen molar-refractivity contribution in [3.8, 4) is 0 Å². The Morgan fingerprint density at radius 1 is 1.50 bits per heavy atom. The van der Waals surface area contributed by atoms with Crippen LogP contribution in [0.5, 0.6) is 0 Å². The summed E-state index contributed by atoms with van der Waals surface area (Å²) in [6.07, 6.45) is 0.607. The van der Waals surface area contributed by atoms with Gasteiger partial charge in [0, 0.05) is 32.0 Å². The minimum Gasteiger partial charge on any atom is -0.312 e. The second-order valence-corrected chi connectivity index (χ2v) is 7.36. The molecule has 0 radical (unpaired) electrons. The van der Waals surface area contributed by atoms with E-state index >= 15 is 0 Å². The molecule has 1 atom stereocenters. The van der Waals surface area contributed by atoms with Crippen LogP contribution < -0.4 is 5.32 Å². The van der Waals surface area contributed by atoms with Gasteiger partial charge in [-0.2, -0.15) is 5.10 Å². The molecular formula is C11H20N4O2S. The Kier molecular flexibility index (Phi) is 3.72. The van der Waals surface area contributed by atoms with E-state index in [1.54, 1.807) is 4.68 Å². The average Bonchev–Trinajstić information content (AvgIpc) is 2.59. The van der Waals surface area contributed by atoms with Gasteiger partial charge in [0.25, 0.3) is 0 Å². The number of hydrogen-bond acceptors (Lipinski definition) is 5. The zero-order valence-corrected chi connectivity index (χ0v) is 11.9. The summed E-state index contributed by atoms with van der Waals surface area (Å²) in [7, 11) is -1.04. The maximum atomic E-state index is 11.6. The summed E-state index contributed by atoms with van der Waals surface area (Å²) in [5.74, 6) is 2.36. The van der Waals surface area contributed by atoms with E-state index in [0.717, 1.165) is 11.6 Å². The summed E-state index contributed by atoms with van der Waals surface area (Å²) < 4.78 is 24.9. The van der Waals surface area contributed by atoms with Gasteiger partial charge in [-0.1, -0.05) is 13.8 Å². The fourth-order valence-corrected chi connectivity index (χ4v) is 3.52. The Bertz CT molecular complexity index is 521. The summed E-state index contributed by atoms with van der Waals surface area (Å²) in [5, 5.41) is 7.57. The van der Waals surface area contributed by atoms with Crippen molar-refractivity contribution in [1.29, 1.82) is 0 Å². The Morgan fingerprint density at radius 2 is 2.22 bits per heavy atom. The Hall–Kier alpha value is -0.950. The molecule has 0 spiro atoms. The SMILES string of the molecule is CC(C)c1nc(CC2CS(=O)(=O)CCN2)n(C)n1. The molecule has 7 heteroatoms. The van der Waals surface area contributed by atoms with Crippen LogP contribution in [0.1, 0.15) is 31.4 Å². The van der Waals surface area contributed by atoms with E-state index in [9.17, 15) is 8.42 Å². The van der Waals surface area contributed by atoms with Gasteiger partial charge in [-0.3, -0.25) is 4.68 Å². The van der Waals surface area contributed by atoms with Crippen molar-refractivity contribution in [3.63, 3.8) is 0 Å². The first-order valence-electron chi connectivity index (χ1n) is 6.21. The van der Waals surface area contributed by atoms with E-state index in [4.69, 9.17) is 0 Å². The smallest absolute Gasteiger partial charge is 0.153 e. The third kappa shape index (κ3) is 3.08. The van der Waals surface area contributed by atoms with Crippen LogP contribution in [-0.2, 0) is 23.3 Å². The standard InChI is InChI=1S/C11H20N4O2S/c1-8(2)11-13-10(15(3)14-11)6-9-7-18(16,17)5-4-12-9/h8-9,12H,4-7H2,1-3H3. The highest BCUT2D eigenvalue weighted by Gasteiger charge is 2.25. The molecule has 1 aliphatic rings. The van der Waals surface area contributed by atoms with Crippen molar-refractivity contribution >= 4 is 9.84 Å². The monoisotopic (exact) mass is 272 g/mol. The predicted molar refractivity (Wildman–Crippen MR) is 69.2 cm³/mol. The third-order valence-corrected chi connectivity index (χ3v) is 4.85. The zero-order valence-electron chi connectivity index (χ0n) is 11.0. The van der Waals surface area contributed by atoms with Gasteiger partial charge in [-0.15, -0.1) is 0 Å². The number of nitrogens with zero attached hydrogens (tertiary/aromatic N) is 3. The lowest BCUT2D eigenvalue weighted by Crippen LogP contribution is -2.46. The van der Waals surface area contributed by atoms with Gasteiger partial charge in [0.2, 0.25) is 0 Å². The normalized spacial score (nSPS) is 23.4. The van der Waals surface area contributed by atoms with Crippen molar-refractivity contribution in [3.05, 3.63) is 11.6 Å². The van der Waals surface area contributed by atoms with Gasteiger partial charge < -0.3 is 5.32 Å². The number of sulfone groups is 1. The Morgan fingerprint density at radius 3 is 2.78 bits per heavy atom. The number of aryl methyl sites for hydroxylation is 1. The molecule has 0 saturated carbocycles. The molecular weight excluding hydrogens is 252 g/mol. The van der Waals surface area contributed by atoms with E-state index in [2.05, 4.69) is 15.4 Å². The van der Waals surface area contributed by atoms with E-state index in [1.807, 2.05) is 20.9 Å². The Balaban J connectivity index is 2.09. The second-order valence-electron chi connectivity index (χ2n) is 5.13. The van der Waals surface area contributed by atoms with Crippen molar-refractivity contribution in [1.82, 2.24) is 20.1 Å². The lowest BCUT2D eigenvalue weighted by atomic mass is 10.2. The van der Waals surface area contributed by atoms with Crippen LogP contribution in [0.25, 0.3) is 0 Å². The van der Waals surface area contributed by atoms with Crippen LogP contribution >= 0.6 is 0 Å². The van der Waals surface area contributed by atoms with Gasteiger partial charge in [-0.05, 0) is 0 Å². The summed E-state index contributed by atoms with van der Waals surface area (Å²) >= 11 is 0. The first kappa shape index (κ1) is 13.5. The fourth-order valence-electron chi connectivity index (χ4n) is 2.08. The minimum absolute atomic E-state index is 0.0494. The zero-order chi connectivity index (χ0) is 13.3. The molecule has 1 aliphatic heterocycles. The topological polar surface area (TPSA) is 76.9 Å². The first-order chi connectivity index (χ1) is 8.37. The molecule has 102 valence electrons. The molecule has 2 rings (SSSR count). The highest BCUT2D eigenvalue weighted by atomic mass is 32.2. The third-order valence-electron chi connectivity index (χ3n) is 3.12. The summed E-state index contributed by atoms with van der Waals surface area (Å²) in [6.45, 7) is 4.62. The van der Waals surface area contributed by atoms with Crippen LogP contribution in [0, 0.1) is 0 Å². The van der Waals surface area contributed by atoms with Gasteiger partial charge in [0.15, 0.2) is 15.7 Å². The summed E-state index contributed by atoms with van der Waals surface area (Å²) in [5.41, 5.74) is 0. The van der Waals surface area contributed by atoms with Gasteiger partial charge in [0.1, 0.15) is 5.82 Å². The van der Waals surface area contributed by atoms with E-state index in [1.165, 1.54) is 0 Å². The van der Waals surface area contributed by atoms with E-state index in [0.29, 0.717) is 13.0 Å². The largest absolute Gasteiger partial charge is 0.312 e. The summed E-state index contributed by atoms with van der Waals surface area (Å²) in [4.78, 5) is 4.47. The van der Waals surface area contributed by atoms with Crippen LogP contribution in [0.15, 0.2) is 0 Å². The predicted octanol–water partition coefficient (Wildman–Crippen LogP) is -0.132. The average molecular weight is 272 g/mol. The Labute approximate surface area is 108 Å². The number of hydrogen-bond donors (Lipinski definition) is 1. The molecule has 1 saturated heterocycles. The van der Waals surface area contributed by atoms with Gasteiger partial charge in [-0.25, -0.2) is 13.4 Å². The first-order valence-corrected chi connectivity index (χ1v) is 8.03. The quantitative estimate of drug-likeness (QED) is 0.829. The van der Waals surface area contributed by atoms with E-state index in [-0.39, 0.29) is 23.5 Å². The molecule has 1 unspecified atom stereocenters. The molecule has 0 aromatic carbocycles. The maximum absolute atomic E-state index is 11.6. The molecule has 6 nitrogen and oxygen atoms in total. The lowest BCUT2D eigenvalue weighted by Gasteiger charge is -2.22. The molecule has 1 aromatic rings. The molecule has 2 heterocycles. The minimum atomic E-state index is -2.89. The van der Waals surface area contributed by atoms with Crippen molar-refractivity contribution in [2.45, 2.75) is 32.2 Å². The molecule has 0 amide bonds. The van der Waals surface area contributed by atoms with E-state index < -0.39 is 9.84 Å². The van der Waals surface area contributed by atoms with Gasteiger partial charge >= 0.3 is 0 Å². The molecule has 18 heavy (non-hydrogen) atoms. The fraction of sp³-hybridized carbons (Fsp3) is 0.818.